The molecule has 0 unspecified atom stereocenters. The zero-order valence-corrected chi connectivity index (χ0v) is 16.1. The summed E-state index contributed by atoms with van der Waals surface area (Å²) in [6, 6.07) is 13.7. The standard InChI is InChI=1S/C22H26FNO4/c1-26-12-13-28-20-7-2-4-17(14-20)21(25)24-16-22(8-10-27-11-9-22)18-5-3-6-19(23)15-18/h2-7,14-15H,8-13,16H2,1H3,(H,24,25). The van der Waals surface area contributed by atoms with Crippen molar-refractivity contribution in [1.82, 2.24) is 5.32 Å². The first-order valence-corrected chi connectivity index (χ1v) is 9.47. The molecule has 1 aliphatic heterocycles. The van der Waals surface area contributed by atoms with Crippen LogP contribution in [-0.2, 0) is 14.9 Å². The van der Waals surface area contributed by atoms with Gasteiger partial charge in [0.15, 0.2) is 0 Å². The summed E-state index contributed by atoms with van der Waals surface area (Å²) < 4.78 is 29.8. The molecule has 1 fully saturated rings. The van der Waals surface area contributed by atoms with E-state index in [-0.39, 0.29) is 17.1 Å². The van der Waals surface area contributed by atoms with E-state index < -0.39 is 0 Å². The van der Waals surface area contributed by atoms with Crippen molar-refractivity contribution in [2.75, 3.05) is 40.1 Å². The number of rotatable bonds is 8. The Morgan fingerprint density at radius 3 is 2.68 bits per heavy atom. The second-order valence-electron chi connectivity index (χ2n) is 6.95. The van der Waals surface area contributed by atoms with Crippen molar-refractivity contribution in [3.8, 4) is 5.75 Å². The Morgan fingerprint density at radius 2 is 1.93 bits per heavy atom. The lowest BCUT2D eigenvalue weighted by Gasteiger charge is -2.38. The Kier molecular flexibility index (Phi) is 7.01. The first-order valence-electron chi connectivity index (χ1n) is 9.47. The van der Waals surface area contributed by atoms with Crippen LogP contribution in [0, 0.1) is 5.82 Å². The summed E-state index contributed by atoms with van der Waals surface area (Å²) in [7, 11) is 1.61. The molecule has 28 heavy (non-hydrogen) atoms. The van der Waals surface area contributed by atoms with Crippen molar-refractivity contribution in [3.05, 3.63) is 65.5 Å². The number of carbonyl (C=O) groups is 1. The second-order valence-corrected chi connectivity index (χ2v) is 6.95. The maximum Gasteiger partial charge on any atom is 0.251 e. The molecule has 3 rings (SSSR count). The topological polar surface area (TPSA) is 56.8 Å². The van der Waals surface area contributed by atoms with Crippen LogP contribution in [0.4, 0.5) is 4.39 Å². The highest BCUT2D eigenvalue weighted by Crippen LogP contribution is 2.34. The van der Waals surface area contributed by atoms with E-state index in [0.717, 1.165) is 18.4 Å². The molecule has 6 heteroatoms. The SMILES string of the molecule is COCCOc1cccc(C(=O)NCC2(c3cccc(F)c3)CCOCC2)c1. The molecule has 1 amide bonds. The lowest BCUT2D eigenvalue weighted by Crippen LogP contribution is -2.44. The van der Waals surface area contributed by atoms with Gasteiger partial charge in [0, 0.05) is 37.8 Å². The highest BCUT2D eigenvalue weighted by Gasteiger charge is 2.35. The fraction of sp³-hybridized carbons (Fsp3) is 0.409. The highest BCUT2D eigenvalue weighted by molar-refractivity contribution is 5.94. The minimum Gasteiger partial charge on any atom is -0.491 e. The van der Waals surface area contributed by atoms with E-state index in [9.17, 15) is 9.18 Å². The lowest BCUT2D eigenvalue weighted by molar-refractivity contribution is 0.0486. The number of carbonyl (C=O) groups excluding carboxylic acids is 1. The summed E-state index contributed by atoms with van der Waals surface area (Å²) in [5.41, 5.74) is 1.09. The number of methoxy groups -OCH3 is 1. The van der Waals surface area contributed by atoms with Crippen molar-refractivity contribution in [3.63, 3.8) is 0 Å². The molecule has 2 aromatic carbocycles. The quantitative estimate of drug-likeness (QED) is 0.706. The fourth-order valence-corrected chi connectivity index (χ4v) is 3.47. The molecule has 1 heterocycles. The Hall–Kier alpha value is -2.44. The summed E-state index contributed by atoms with van der Waals surface area (Å²) in [6.45, 7) is 2.51. The Labute approximate surface area is 164 Å². The van der Waals surface area contributed by atoms with E-state index in [2.05, 4.69) is 5.32 Å². The van der Waals surface area contributed by atoms with Crippen LogP contribution in [0.5, 0.6) is 5.75 Å². The predicted molar refractivity (Wildman–Crippen MR) is 104 cm³/mol. The Bertz CT molecular complexity index is 790. The number of halogens is 1. The van der Waals surface area contributed by atoms with Crippen LogP contribution in [-0.4, -0.2) is 46.0 Å². The Balaban J connectivity index is 1.70. The smallest absolute Gasteiger partial charge is 0.251 e. The first kappa shape index (κ1) is 20.3. The van der Waals surface area contributed by atoms with Gasteiger partial charge in [0.25, 0.3) is 5.91 Å². The van der Waals surface area contributed by atoms with Crippen LogP contribution in [0.3, 0.4) is 0 Å². The molecular formula is C22H26FNO4. The maximum absolute atomic E-state index is 13.8. The van der Waals surface area contributed by atoms with Gasteiger partial charge in [-0.25, -0.2) is 4.39 Å². The van der Waals surface area contributed by atoms with Gasteiger partial charge in [0.1, 0.15) is 18.2 Å². The fourth-order valence-electron chi connectivity index (χ4n) is 3.47. The van der Waals surface area contributed by atoms with Crippen LogP contribution < -0.4 is 10.1 Å². The number of nitrogens with one attached hydrogen (secondary N) is 1. The van der Waals surface area contributed by atoms with Crippen molar-refractivity contribution in [2.45, 2.75) is 18.3 Å². The Morgan fingerprint density at radius 1 is 1.14 bits per heavy atom. The van der Waals surface area contributed by atoms with Crippen LogP contribution in [0.2, 0.25) is 0 Å². The van der Waals surface area contributed by atoms with Gasteiger partial charge >= 0.3 is 0 Å². The van der Waals surface area contributed by atoms with Gasteiger partial charge in [-0.05, 0) is 48.7 Å². The van der Waals surface area contributed by atoms with E-state index in [4.69, 9.17) is 14.2 Å². The van der Waals surface area contributed by atoms with Crippen LogP contribution in [0.25, 0.3) is 0 Å². The van der Waals surface area contributed by atoms with Crippen molar-refractivity contribution < 1.29 is 23.4 Å². The molecule has 0 aliphatic carbocycles. The first-order chi connectivity index (χ1) is 13.6. The van der Waals surface area contributed by atoms with Gasteiger partial charge in [-0.1, -0.05) is 18.2 Å². The largest absolute Gasteiger partial charge is 0.491 e. The van der Waals surface area contributed by atoms with E-state index >= 15 is 0 Å². The zero-order chi connectivity index (χ0) is 19.8. The van der Waals surface area contributed by atoms with E-state index in [1.165, 1.54) is 6.07 Å². The zero-order valence-electron chi connectivity index (χ0n) is 16.1. The third kappa shape index (κ3) is 5.09. The second kappa shape index (κ2) is 9.66. The molecule has 0 bridgehead atoms. The third-order valence-electron chi connectivity index (χ3n) is 5.13. The minimum absolute atomic E-state index is 0.181. The maximum atomic E-state index is 13.8. The molecule has 2 aromatic rings. The number of hydrogen-bond acceptors (Lipinski definition) is 4. The summed E-state index contributed by atoms with van der Waals surface area (Å²) in [6.07, 6.45) is 1.47. The normalized spacial score (nSPS) is 15.8. The van der Waals surface area contributed by atoms with Crippen LogP contribution in [0.1, 0.15) is 28.8 Å². The summed E-state index contributed by atoms with van der Waals surface area (Å²) in [5, 5.41) is 3.02. The number of hydrogen-bond donors (Lipinski definition) is 1. The number of amides is 1. The van der Waals surface area contributed by atoms with Gasteiger partial charge in [-0.15, -0.1) is 0 Å². The number of ether oxygens (including phenoxy) is 3. The third-order valence-corrected chi connectivity index (χ3v) is 5.13. The monoisotopic (exact) mass is 387 g/mol. The minimum atomic E-state index is -0.331. The lowest BCUT2D eigenvalue weighted by atomic mass is 9.74. The molecule has 0 radical (unpaired) electrons. The average Bonchev–Trinajstić information content (AvgIpc) is 2.73. The van der Waals surface area contributed by atoms with Gasteiger partial charge in [-0.2, -0.15) is 0 Å². The van der Waals surface area contributed by atoms with Crippen LogP contribution in [0.15, 0.2) is 48.5 Å². The van der Waals surface area contributed by atoms with E-state index in [1.807, 2.05) is 6.07 Å². The van der Waals surface area contributed by atoms with Gasteiger partial charge in [0.05, 0.1) is 6.61 Å². The molecule has 0 atom stereocenters. The van der Waals surface area contributed by atoms with Gasteiger partial charge < -0.3 is 19.5 Å². The molecule has 1 N–H and O–H groups in total. The molecule has 0 spiro atoms. The van der Waals surface area contributed by atoms with Crippen molar-refractivity contribution in [2.24, 2.45) is 0 Å². The molecule has 1 saturated heterocycles. The summed E-state index contributed by atoms with van der Waals surface area (Å²) in [5.74, 6) is 0.172. The summed E-state index contributed by atoms with van der Waals surface area (Å²) >= 11 is 0. The van der Waals surface area contributed by atoms with E-state index in [0.29, 0.717) is 44.3 Å². The van der Waals surface area contributed by atoms with Crippen molar-refractivity contribution >= 4 is 5.91 Å². The van der Waals surface area contributed by atoms with Crippen LogP contribution >= 0.6 is 0 Å². The van der Waals surface area contributed by atoms with Gasteiger partial charge in [-0.3, -0.25) is 4.79 Å². The molecule has 5 nitrogen and oxygen atoms in total. The molecule has 1 aliphatic rings. The van der Waals surface area contributed by atoms with Gasteiger partial charge in [0.2, 0.25) is 0 Å². The average molecular weight is 387 g/mol. The van der Waals surface area contributed by atoms with Crippen molar-refractivity contribution in [1.29, 1.82) is 0 Å². The predicted octanol–water partition coefficient (Wildman–Crippen LogP) is 3.33. The molecule has 0 aromatic heterocycles. The molecule has 0 saturated carbocycles. The van der Waals surface area contributed by atoms with E-state index in [1.54, 1.807) is 43.5 Å². The highest BCUT2D eigenvalue weighted by atomic mass is 19.1. The summed E-state index contributed by atoms with van der Waals surface area (Å²) in [4.78, 5) is 12.7. The molecular weight excluding hydrogens is 361 g/mol. The molecule has 150 valence electrons. The number of benzene rings is 2.